The molecule has 0 spiro atoms. The first kappa shape index (κ1) is 30.3. The van der Waals surface area contributed by atoms with E-state index in [1.54, 1.807) is 60.2 Å². The molecule has 0 aliphatic heterocycles. The number of nitro benzene ring substituents is 1. The van der Waals surface area contributed by atoms with E-state index >= 15 is 0 Å². The minimum atomic E-state index is -3.97. The summed E-state index contributed by atoms with van der Waals surface area (Å²) in [7, 11) is 2.47. The molecular weight excluding hydrogens is 490 g/mol. The standard InChI is InChI=1S/C20H26N4O6S.C3H7NO/c1-6-23(7-2)31(27,28)20-12-15(24(25)26)8-11-18(20)22-21-14(3)17-10-9-16(29-4)13-19(17)30-5;1-4(2)3-5/h8-13,22H,6-7H2,1-5H3;3H,1-2H3/b21-14+;. The molecule has 0 bridgehead atoms. The van der Waals surface area contributed by atoms with Gasteiger partial charge in [0.15, 0.2) is 0 Å². The van der Waals surface area contributed by atoms with Crippen LogP contribution in [0.1, 0.15) is 26.3 Å². The Labute approximate surface area is 211 Å². The maximum absolute atomic E-state index is 13.1. The van der Waals surface area contributed by atoms with Crippen molar-refractivity contribution in [1.82, 2.24) is 9.21 Å². The number of benzene rings is 2. The molecule has 0 saturated heterocycles. The Bertz CT molecular complexity index is 1180. The third-order valence-electron chi connectivity index (χ3n) is 4.85. The Hall–Kier alpha value is -3.71. The second-order valence-electron chi connectivity index (χ2n) is 7.47. The van der Waals surface area contributed by atoms with Gasteiger partial charge in [-0.15, -0.1) is 0 Å². The molecule has 2 aromatic carbocycles. The van der Waals surface area contributed by atoms with Gasteiger partial charge < -0.3 is 14.4 Å². The van der Waals surface area contributed by atoms with Crippen LogP contribution in [-0.4, -0.2) is 76.1 Å². The molecule has 0 aromatic heterocycles. The van der Waals surface area contributed by atoms with E-state index < -0.39 is 14.9 Å². The summed E-state index contributed by atoms with van der Waals surface area (Å²) in [6.07, 6.45) is 0.750. The average molecular weight is 524 g/mol. The highest BCUT2D eigenvalue weighted by molar-refractivity contribution is 7.89. The van der Waals surface area contributed by atoms with Crippen molar-refractivity contribution in [3.8, 4) is 11.5 Å². The molecule has 0 saturated carbocycles. The maximum Gasteiger partial charge on any atom is 0.270 e. The molecule has 13 heteroatoms. The van der Waals surface area contributed by atoms with Crippen LogP contribution in [0.4, 0.5) is 11.4 Å². The zero-order valence-electron chi connectivity index (χ0n) is 21.5. The van der Waals surface area contributed by atoms with Crippen LogP contribution >= 0.6 is 0 Å². The second-order valence-corrected chi connectivity index (χ2v) is 9.38. The Balaban J connectivity index is 0.00000118. The first-order chi connectivity index (χ1) is 17.0. The zero-order chi connectivity index (χ0) is 27.5. The van der Waals surface area contributed by atoms with Gasteiger partial charge in [0, 0.05) is 50.9 Å². The number of carbonyl (C=O) groups is 1. The van der Waals surface area contributed by atoms with E-state index in [0.29, 0.717) is 22.8 Å². The number of hydrazone groups is 1. The lowest BCUT2D eigenvalue weighted by Gasteiger charge is -2.20. The first-order valence-corrected chi connectivity index (χ1v) is 12.3. The van der Waals surface area contributed by atoms with Crippen LogP contribution in [0.2, 0.25) is 0 Å². The third kappa shape index (κ3) is 7.92. The van der Waals surface area contributed by atoms with Crippen LogP contribution in [0.25, 0.3) is 0 Å². The van der Waals surface area contributed by atoms with E-state index in [4.69, 9.17) is 9.47 Å². The Kier molecular flexibility index (Phi) is 11.8. The van der Waals surface area contributed by atoms with Crippen molar-refractivity contribution in [1.29, 1.82) is 0 Å². The van der Waals surface area contributed by atoms with E-state index in [1.807, 2.05) is 0 Å². The highest BCUT2D eigenvalue weighted by Gasteiger charge is 2.27. The quantitative estimate of drug-likeness (QED) is 0.205. The molecule has 1 N–H and O–H groups in total. The second kappa shape index (κ2) is 14.0. The summed E-state index contributed by atoms with van der Waals surface area (Å²) in [4.78, 5) is 21.2. The van der Waals surface area contributed by atoms with Crippen molar-refractivity contribution in [3.05, 3.63) is 52.1 Å². The Morgan fingerprint density at radius 1 is 1.11 bits per heavy atom. The normalized spacial score (nSPS) is 11.3. The number of methoxy groups -OCH3 is 2. The van der Waals surface area contributed by atoms with E-state index in [2.05, 4.69) is 10.5 Å². The van der Waals surface area contributed by atoms with Crippen molar-refractivity contribution >= 4 is 33.5 Å². The lowest BCUT2D eigenvalue weighted by molar-refractivity contribution is -0.385. The number of nitro groups is 1. The van der Waals surface area contributed by atoms with Crippen molar-refractivity contribution in [3.63, 3.8) is 0 Å². The fourth-order valence-corrected chi connectivity index (χ4v) is 4.55. The molecular formula is C23H33N5O7S. The molecule has 12 nitrogen and oxygen atoms in total. The number of hydrogen-bond acceptors (Lipinski definition) is 9. The number of rotatable bonds is 11. The van der Waals surface area contributed by atoms with Crippen molar-refractivity contribution in [2.75, 3.05) is 46.8 Å². The monoisotopic (exact) mass is 523 g/mol. The van der Waals surface area contributed by atoms with Gasteiger partial charge in [-0.05, 0) is 25.1 Å². The number of ether oxygens (including phenoxy) is 2. The predicted octanol–water partition coefficient (Wildman–Crippen LogP) is 3.18. The molecule has 0 aliphatic carbocycles. The van der Waals surface area contributed by atoms with Crippen LogP contribution in [0.5, 0.6) is 11.5 Å². The fourth-order valence-electron chi connectivity index (χ4n) is 2.93. The molecule has 198 valence electrons. The van der Waals surface area contributed by atoms with E-state index in [9.17, 15) is 23.3 Å². The van der Waals surface area contributed by atoms with E-state index in [0.717, 1.165) is 12.5 Å². The van der Waals surface area contributed by atoms with Gasteiger partial charge in [0.05, 0.1) is 30.5 Å². The lowest BCUT2D eigenvalue weighted by Crippen LogP contribution is -2.31. The first-order valence-electron chi connectivity index (χ1n) is 10.9. The number of amides is 1. The fraction of sp³-hybridized carbons (Fsp3) is 0.391. The number of hydrogen-bond donors (Lipinski definition) is 1. The molecule has 0 fully saturated rings. The van der Waals surface area contributed by atoms with Gasteiger partial charge in [-0.25, -0.2) is 8.42 Å². The van der Waals surface area contributed by atoms with Gasteiger partial charge in [0.2, 0.25) is 16.4 Å². The summed E-state index contributed by atoms with van der Waals surface area (Å²) in [6, 6.07) is 8.81. The highest BCUT2D eigenvalue weighted by atomic mass is 32.2. The summed E-state index contributed by atoms with van der Waals surface area (Å²) in [5, 5.41) is 15.5. The molecule has 2 aromatic rings. The largest absolute Gasteiger partial charge is 0.497 e. The molecule has 2 rings (SSSR count). The van der Waals surface area contributed by atoms with Gasteiger partial charge in [0.25, 0.3) is 5.69 Å². The molecule has 0 heterocycles. The van der Waals surface area contributed by atoms with Gasteiger partial charge in [0.1, 0.15) is 16.4 Å². The smallest absolute Gasteiger partial charge is 0.270 e. The van der Waals surface area contributed by atoms with Crippen LogP contribution < -0.4 is 14.9 Å². The summed E-state index contributed by atoms with van der Waals surface area (Å²) in [5.74, 6) is 1.14. The van der Waals surface area contributed by atoms with Gasteiger partial charge in [-0.2, -0.15) is 9.41 Å². The maximum atomic E-state index is 13.1. The molecule has 0 radical (unpaired) electrons. The molecule has 0 atom stereocenters. The van der Waals surface area contributed by atoms with Crippen molar-refractivity contribution < 1.29 is 27.6 Å². The van der Waals surface area contributed by atoms with Crippen molar-refractivity contribution in [2.45, 2.75) is 25.7 Å². The molecule has 0 unspecified atom stereocenters. The average Bonchev–Trinajstić information content (AvgIpc) is 2.87. The minimum absolute atomic E-state index is 0.129. The Morgan fingerprint density at radius 2 is 1.72 bits per heavy atom. The van der Waals surface area contributed by atoms with Gasteiger partial charge in [-0.3, -0.25) is 20.3 Å². The van der Waals surface area contributed by atoms with Crippen LogP contribution in [0.15, 0.2) is 46.4 Å². The van der Waals surface area contributed by atoms with Crippen molar-refractivity contribution in [2.24, 2.45) is 5.10 Å². The SMILES string of the molecule is CCN(CC)S(=O)(=O)c1cc([N+](=O)[O-])ccc1N/N=C(\C)c1ccc(OC)cc1OC.CN(C)C=O. The summed E-state index contributed by atoms with van der Waals surface area (Å²) in [5.41, 5.74) is 3.73. The number of nitrogens with zero attached hydrogens (tertiary/aromatic N) is 4. The summed E-state index contributed by atoms with van der Waals surface area (Å²) >= 11 is 0. The zero-order valence-corrected chi connectivity index (χ0v) is 22.3. The van der Waals surface area contributed by atoms with E-state index in [1.165, 1.54) is 28.4 Å². The van der Waals surface area contributed by atoms with Gasteiger partial charge in [-0.1, -0.05) is 13.8 Å². The number of non-ortho nitro benzene ring substituents is 1. The predicted molar refractivity (Wildman–Crippen MR) is 138 cm³/mol. The minimum Gasteiger partial charge on any atom is -0.497 e. The molecule has 36 heavy (non-hydrogen) atoms. The topological polar surface area (TPSA) is 144 Å². The third-order valence-corrected chi connectivity index (χ3v) is 6.94. The lowest BCUT2D eigenvalue weighted by atomic mass is 10.1. The van der Waals surface area contributed by atoms with Crippen LogP contribution in [0.3, 0.4) is 0 Å². The summed E-state index contributed by atoms with van der Waals surface area (Å²) in [6.45, 7) is 5.58. The highest BCUT2D eigenvalue weighted by Crippen LogP contribution is 2.30. The van der Waals surface area contributed by atoms with Gasteiger partial charge >= 0.3 is 0 Å². The summed E-state index contributed by atoms with van der Waals surface area (Å²) < 4.78 is 37.9. The Morgan fingerprint density at radius 3 is 2.19 bits per heavy atom. The van der Waals surface area contributed by atoms with Crippen LogP contribution in [-0.2, 0) is 14.8 Å². The number of sulfonamides is 1. The van der Waals surface area contributed by atoms with E-state index in [-0.39, 0.29) is 29.4 Å². The number of carbonyl (C=O) groups excluding carboxylic acids is 1. The number of nitrogens with one attached hydrogen (secondary N) is 1. The van der Waals surface area contributed by atoms with Crippen LogP contribution in [0, 0.1) is 10.1 Å². The molecule has 0 aliphatic rings. The number of anilines is 1. The molecule has 1 amide bonds.